The van der Waals surface area contributed by atoms with Gasteiger partial charge in [-0.05, 0) is 92.5 Å². The van der Waals surface area contributed by atoms with Crippen LogP contribution in [0.4, 0.5) is 0 Å². The number of fused-ring (bicyclic) bond motifs is 4. The first-order valence-electron chi connectivity index (χ1n) is 24.1. The molecule has 6 aromatic carbocycles. The van der Waals surface area contributed by atoms with Gasteiger partial charge >= 0.3 is 0 Å². The van der Waals surface area contributed by atoms with E-state index in [1.54, 1.807) is 0 Å². The smallest absolute Gasteiger partial charge is 0.120 e. The van der Waals surface area contributed by atoms with E-state index in [0.717, 1.165) is 66.4 Å². The minimum Gasteiger partial charge on any atom is -0.500 e. The van der Waals surface area contributed by atoms with Crippen molar-refractivity contribution in [1.29, 1.82) is 0 Å². The largest absolute Gasteiger partial charge is 0.500 e. The Hall–Kier alpha value is -5.39. The van der Waals surface area contributed by atoms with Crippen molar-refractivity contribution in [3.8, 4) is 39.5 Å². The van der Waals surface area contributed by atoms with Crippen molar-refractivity contribution in [1.82, 2.24) is 14.5 Å². The van der Waals surface area contributed by atoms with Gasteiger partial charge in [0.1, 0.15) is 5.58 Å². The van der Waals surface area contributed by atoms with Crippen LogP contribution in [0, 0.1) is 17.5 Å². The molecule has 6 heteroatoms. The van der Waals surface area contributed by atoms with E-state index in [2.05, 4.69) is 182 Å². The summed E-state index contributed by atoms with van der Waals surface area (Å²) in [5.41, 5.74) is 14.4. The maximum absolute atomic E-state index is 8.89. The molecular formula is C60H65IrN3OSi-2. The molecule has 0 unspecified atom stereocenters. The predicted octanol–water partition coefficient (Wildman–Crippen LogP) is 16.3. The maximum atomic E-state index is 8.89. The molecule has 0 fully saturated rings. The van der Waals surface area contributed by atoms with Gasteiger partial charge in [-0.3, -0.25) is 4.98 Å². The Morgan fingerprint density at radius 1 is 0.697 bits per heavy atom. The van der Waals surface area contributed by atoms with Crippen LogP contribution in [-0.4, -0.2) is 22.6 Å². The Labute approximate surface area is 411 Å². The predicted molar refractivity (Wildman–Crippen MR) is 280 cm³/mol. The summed E-state index contributed by atoms with van der Waals surface area (Å²) in [5, 5.41) is 3.28. The summed E-state index contributed by atoms with van der Waals surface area (Å²) < 4.78 is 26.3. The Kier molecular flexibility index (Phi) is 13.2. The molecule has 66 heavy (non-hydrogen) atoms. The first-order valence-corrected chi connectivity index (χ1v) is 26.6. The topological polar surface area (TPSA) is 43.9 Å². The number of hydrogen-bond donors (Lipinski definition) is 0. The number of para-hydroxylation sites is 3. The number of rotatable bonds is 8. The SMILES string of the molecule is CC(C)c1cc(-c2ccccc2)cc(C(C)C)c1-n1c(-c2[c-]cc3oc4ccccc4c3c2)nc2ccccc21.[2H]C([2H])(c1cc(-c2[c-]ccc(C(C)(C)C)c2)ncc1[Si](C)(C)C)C(C)(C)C.[Ir]. The van der Waals surface area contributed by atoms with Gasteiger partial charge in [-0.15, -0.1) is 59.2 Å². The Morgan fingerprint density at radius 2 is 1.35 bits per heavy atom. The van der Waals surface area contributed by atoms with E-state index in [0.29, 0.717) is 11.8 Å². The summed E-state index contributed by atoms with van der Waals surface area (Å²) in [7, 11) is -1.74. The number of hydrogen-bond acceptors (Lipinski definition) is 3. The number of imidazole rings is 1. The van der Waals surface area contributed by atoms with Crippen LogP contribution in [0.3, 0.4) is 0 Å². The van der Waals surface area contributed by atoms with Crippen LogP contribution in [0.5, 0.6) is 0 Å². The standard InChI is InChI=1S/C37H31N2O.C23H34NSi.Ir/c1-23(2)29-21-27(25-12-6-5-7-13-25)22-30(24(3)4)36(29)39-33-16-10-9-15-32(33)38-37(39)26-18-19-35-31(20-26)28-14-8-11-17-34(28)40-35;1-22(2,3)15-18-14-20(24-16-21(18)25(7,8)9)17-11-10-12-19(13-17)23(4,5)6;/h5-17,19-24H,1-4H3;10,12-14,16H,15H2,1-9H3;/q2*-1;/i;15D2;. The van der Waals surface area contributed by atoms with Crippen molar-refractivity contribution < 1.29 is 27.3 Å². The molecule has 9 aromatic rings. The molecule has 0 atom stereocenters. The van der Waals surface area contributed by atoms with E-state index in [1.165, 1.54) is 33.5 Å². The van der Waals surface area contributed by atoms with Crippen LogP contribution >= 0.6 is 0 Å². The zero-order chi connectivity index (χ0) is 48.2. The van der Waals surface area contributed by atoms with Gasteiger partial charge in [-0.1, -0.05) is 167 Å². The Morgan fingerprint density at radius 3 is 2.00 bits per heavy atom. The minimum atomic E-state index is -1.74. The van der Waals surface area contributed by atoms with E-state index in [9.17, 15) is 0 Å². The van der Waals surface area contributed by atoms with Crippen LogP contribution < -0.4 is 5.19 Å². The third kappa shape index (κ3) is 10.3. The van der Waals surface area contributed by atoms with Crippen molar-refractivity contribution >= 4 is 46.2 Å². The first kappa shape index (κ1) is 45.7. The number of furan rings is 1. The van der Waals surface area contributed by atoms with Crippen molar-refractivity contribution in [3.63, 3.8) is 0 Å². The van der Waals surface area contributed by atoms with Gasteiger partial charge in [0.05, 0.1) is 30.5 Å². The second-order valence-electron chi connectivity index (χ2n) is 21.1. The number of pyridine rings is 1. The fraction of sp³-hybridized carbons (Fsp3) is 0.300. The van der Waals surface area contributed by atoms with Crippen molar-refractivity contribution in [2.45, 2.75) is 113 Å². The van der Waals surface area contributed by atoms with Gasteiger partial charge in [0.2, 0.25) is 0 Å². The van der Waals surface area contributed by atoms with Crippen LogP contribution in [0.1, 0.15) is 106 Å². The average Bonchev–Trinajstić information content (AvgIpc) is 3.86. The van der Waals surface area contributed by atoms with Gasteiger partial charge in [-0.25, -0.2) is 0 Å². The van der Waals surface area contributed by atoms with Gasteiger partial charge in [-0.2, -0.15) is 0 Å². The number of nitrogens with zero attached hydrogens (tertiary/aromatic N) is 3. The molecular weight excluding hydrogens is 999 g/mol. The summed E-state index contributed by atoms with van der Waals surface area (Å²) in [6.07, 6.45) is 0.472. The molecule has 0 amide bonds. The molecule has 0 N–H and O–H groups in total. The minimum absolute atomic E-state index is 0. The normalized spacial score (nSPS) is 12.9. The van der Waals surface area contributed by atoms with Crippen LogP contribution in [-0.2, 0) is 31.9 Å². The van der Waals surface area contributed by atoms with Crippen molar-refractivity contribution in [3.05, 3.63) is 168 Å². The summed E-state index contributed by atoms with van der Waals surface area (Å²) in [6.45, 7) is 28.4. The van der Waals surface area contributed by atoms with E-state index in [1.807, 2.05) is 57.3 Å². The van der Waals surface area contributed by atoms with Crippen LogP contribution in [0.15, 0.2) is 138 Å². The molecule has 1 radical (unpaired) electrons. The zero-order valence-corrected chi connectivity index (χ0v) is 44.3. The molecule has 0 saturated carbocycles. The van der Waals surface area contributed by atoms with Crippen LogP contribution in [0.2, 0.25) is 19.6 Å². The van der Waals surface area contributed by atoms with E-state index >= 15 is 0 Å². The van der Waals surface area contributed by atoms with Gasteiger partial charge in [0, 0.05) is 40.1 Å². The summed E-state index contributed by atoms with van der Waals surface area (Å²) in [5.74, 6) is 1.52. The van der Waals surface area contributed by atoms with Crippen molar-refractivity contribution in [2.75, 3.05) is 0 Å². The molecule has 9 rings (SSSR count). The second-order valence-corrected chi connectivity index (χ2v) is 26.2. The van der Waals surface area contributed by atoms with E-state index in [4.69, 9.17) is 17.1 Å². The van der Waals surface area contributed by atoms with Gasteiger partial charge in [0.25, 0.3) is 0 Å². The molecule has 0 aliphatic rings. The molecule has 3 aromatic heterocycles. The molecule has 3 heterocycles. The first-order chi connectivity index (χ1) is 31.5. The average molecular weight is 1070 g/mol. The molecule has 0 aliphatic carbocycles. The molecule has 0 spiro atoms. The number of aromatic nitrogens is 3. The summed E-state index contributed by atoms with van der Waals surface area (Å²) in [6, 6.07) is 51.2. The molecule has 0 aliphatic heterocycles. The van der Waals surface area contributed by atoms with E-state index < -0.39 is 19.9 Å². The fourth-order valence-electron chi connectivity index (χ4n) is 8.64. The van der Waals surface area contributed by atoms with Crippen LogP contribution in [0.25, 0.3) is 72.4 Å². The quantitative estimate of drug-likeness (QED) is 0.113. The summed E-state index contributed by atoms with van der Waals surface area (Å²) >= 11 is 0. The Balaban J connectivity index is 0.000000215. The summed E-state index contributed by atoms with van der Waals surface area (Å²) in [4.78, 5) is 9.94. The van der Waals surface area contributed by atoms with Gasteiger partial charge < -0.3 is 14.0 Å². The molecule has 0 bridgehead atoms. The van der Waals surface area contributed by atoms with Crippen molar-refractivity contribution in [2.24, 2.45) is 5.41 Å². The Bertz CT molecular complexity index is 3210. The molecule has 341 valence electrons. The second kappa shape index (κ2) is 19.1. The van der Waals surface area contributed by atoms with E-state index in [-0.39, 0.29) is 25.5 Å². The molecule has 4 nitrogen and oxygen atoms in total. The third-order valence-electron chi connectivity index (χ3n) is 12.0. The van der Waals surface area contributed by atoms with Gasteiger partial charge in [0.15, 0.2) is 0 Å². The third-order valence-corrected chi connectivity index (χ3v) is 14.0. The fourth-order valence-corrected chi connectivity index (χ4v) is 10.0. The zero-order valence-electron chi connectivity index (χ0n) is 42.9. The monoisotopic (exact) mass is 1070 g/mol. The maximum Gasteiger partial charge on any atom is 0.120 e. The number of benzene rings is 6. The molecule has 0 saturated heterocycles.